The highest BCUT2D eigenvalue weighted by Crippen LogP contribution is 2.24. The molecular formula is C15H25NO2. The molecule has 2 N–H and O–H groups in total. The van der Waals surface area contributed by atoms with Gasteiger partial charge in [0.25, 0.3) is 0 Å². The molecule has 3 heteroatoms. The second kappa shape index (κ2) is 6.32. The standard InChI is InChI=1S/C15H25NO2/c1-5-14(2,3)18-12-15(11-17,16-4)13-9-7-6-8-10-13/h6-10,16-17H,5,11-12H2,1-4H3. The van der Waals surface area contributed by atoms with Gasteiger partial charge in [0, 0.05) is 0 Å². The number of rotatable bonds is 7. The van der Waals surface area contributed by atoms with Crippen LogP contribution in [0.15, 0.2) is 30.3 Å². The van der Waals surface area contributed by atoms with E-state index in [0.717, 1.165) is 12.0 Å². The van der Waals surface area contributed by atoms with E-state index >= 15 is 0 Å². The fourth-order valence-corrected chi connectivity index (χ4v) is 1.69. The Bertz CT molecular complexity index is 345. The van der Waals surface area contributed by atoms with Gasteiger partial charge in [-0.15, -0.1) is 0 Å². The first-order valence-corrected chi connectivity index (χ1v) is 6.49. The summed E-state index contributed by atoms with van der Waals surface area (Å²) in [4.78, 5) is 0. The van der Waals surface area contributed by atoms with Crippen LogP contribution >= 0.6 is 0 Å². The van der Waals surface area contributed by atoms with E-state index < -0.39 is 5.54 Å². The predicted molar refractivity (Wildman–Crippen MR) is 74.6 cm³/mol. The van der Waals surface area contributed by atoms with E-state index in [-0.39, 0.29) is 12.2 Å². The molecule has 3 nitrogen and oxygen atoms in total. The average Bonchev–Trinajstić information content (AvgIpc) is 2.42. The van der Waals surface area contributed by atoms with E-state index in [1.807, 2.05) is 37.4 Å². The van der Waals surface area contributed by atoms with Crippen LogP contribution in [0.4, 0.5) is 0 Å². The molecule has 0 bridgehead atoms. The van der Waals surface area contributed by atoms with Crippen molar-refractivity contribution >= 4 is 0 Å². The van der Waals surface area contributed by atoms with E-state index in [1.165, 1.54) is 0 Å². The van der Waals surface area contributed by atoms with Crippen molar-refractivity contribution in [3.8, 4) is 0 Å². The number of aliphatic hydroxyl groups is 1. The highest BCUT2D eigenvalue weighted by molar-refractivity contribution is 5.24. The van der Waals surface area contributed by atoms with Gasteiger partial charge in [-0.3, -0.25) is 0 Å². The van der Waals surface area contributed by atoms with Crippen molar-refractivity contribution in [3.05, 3.63) is 35.9 Å². The first-order chi connectivity index (χ1) is 8.49. The molecule has 1 aromatic rings. The van der Waals surface area contributed by atoms with Crippen molar-refractivity contribution in [2.75, 3.05) is 20.3 Å². The van der Waals surface area contributed by atoms with Crippen LogP contribution in [-0.2, 0) is 10.3 Å². The van der Waals surface area contributed by atoms with Crippen LogP contribution in [0.1, 0.15) is 32.8 Å². The van der Waals surface area contributed by atoms with Crippen molar-refractivity contribution in [1.29, 1.82) is 0 Å². The van der Waals surface area contributed by atoms with Crippen LogP contribution < -0.4 is 5.32 Å². The van der Waals surface area contributed by atoms with E-state index in [4.69, 9.17) is 4.74 Å². The molecule has 0 aliphatic carbocycles. The molecular weight excluding hydrogens is 226 g/mol. The maximum Gasteiger partial charge on any atom is 0.0903 e. The number of likely N-dealkylation sites (N-methyl/N-ethyl adjacent to an activating group) is 1. The van der Waals surface area contributed by atoms with Crippen molar-refractivity contribution in [1.82, 2.24) is 5.32 Å². The molecule has 0 saturated heterocycles. The number of ether oxygens (including phenoxy) is 1. The third kappa shape index (κ3) is 3.55. The van der Waals surface area contributed by atoms with Gasteiger partial charge >= 0.3 is 0 Å². The summed E-state index contributed by atoms with van der Waals surface area (Å²) in [5.41, 5.74) is 0.335. The topological polar surface area (TPSA) is 41.5 Å². The third-order valence-corrected chi connectivity index (χ3v) is 3.64. The second-order valence-electron chi connectivity index (χ2n) is 5.26. The van der Waals surface area contributed by atoms with E-state index in [9.17, 15) is 5.11 Å². The van der Waals surface area contributed by atoms with E-state index in [0.29, 0.717) is 6.61 Å². The maximum atomic E-state index is 9.76. The van der Waals surface area contributed by atoms with Crippen LogP contribution in [0, 0.1) is 0 Å². The van der Waals surface area contributed by atoms with Gasteiger partial charge < -0.3 is 15.2 Å². The average molecular weight is 251 g/mol. The Kier molecular flexibility index (Phi) is 5.32. The summed E-state index contributed by atoms with van der Waals surface area (Å²) < 4.78 is 5.96. The van der Waals surface area contributed by atoms with E-state index in [1.54, 1.807) is 0 Å². The molecule has 0 spiro atoms. The summed E-state index contributed by atoms with van der Waals surface area (Å²) in [7, 11) is 1.85. The van der Waals surface area contributed by atoms with Gasteiger partial charge in [-0.2, -0.15) is 0 Å². The van der Waals surface area contributed by atoms with Crippen molar-refractivity contribution in [3.63, 3.8) is 0 Å². The Morgan fingerprint density at radius 1 is 1.22 bits per heavy atom. The Hall–Kier alpha value is -0.900. The van der Waals surface area contributed by atoms with Crippen molar-refractivity contribution in [2.24, 2.45) is 0 Å². The number of benzene rings is 1. The molecule has 1 unspecified atom stereocenters. The summed E-state index contributed by atoms with van der Waals surface area (Å²) >= 11 is 0. The Labute approximate surface area is 110 Å². The van der Waals surface area contributed by atoms with Crippen LogP contribution in [0.5, 0.6) is 0 Å². The molecule has 1 atom stereocenters. The summed E-state index contributed by atoms with van der Waals surface area (Å²) in [5, 5.41) is 13.0. The van der Waals surface area contributed by atoms with Gasteiger partial charge in [0.05, 0.1) is 24.4 Å². The molecule has 1 aromatic carbocycles. The highest BCUT2D eigenvalue weighted by Gasteiger charge is 2.32. The molecule has 0 amide bonds. The zero-order valence-corrected chi connectivity index (χ0v) is 11.9. The number of aliphatic hydroxyl groups excluding tert-OH is 1. The molecule has 18 heavy (non-hydrogen) atoms. The summed E-state index contributed by atoms with van der Waals surface area (Å²) in [5.74, 6) is 0. The Morgan fingerprint density at radius 2 is 1.83 bits per heavy atom. The minimum atomic E-state index is -0.534. The first kappa shape index (κ1) is 15.2. The van der Waals surface area contributed by atoms with Gasteiger partial charge in [-0.1, -0.05) is 37.3 Å². The normalized spacial score (nSPS) is 15.4. The second-order valence-corrected chi connectivity index (χ2v) is 5.26. The lowest BCUT2D eigenvalue weighted by Crippen LogP contribution is -2.49. The number of hydrogen-bond donors (Lipinski definition) is 2. The monoisotopic (exact) mass is 251 g/mol. The third-order valence-electron chi connectivity index (χ3n) is 3.64. The molecule has 0 aliphatic heterocycles. The smallest absolute Gasteiger partial charge is 0.0903 e. The molecule has 0 aliphatic rings. The first-order valence-electron chi connectivity index (χ1n) is 6.49. The SMILES string of the molecule is CCC(C)(C)OCC(CO)(NC)c1ccccc1. The lowest BCUT2D eigenvalue weighted by molar-refractivity contribution is -0.0617. The minimum Gasteiger partial charge on any atom is -0.394 e. The van der Waals surface area contributed by atoms with Crippen LogP contribution in [0.25, 0.3) is 0 Å². The Morgan fingerprint density at radius 3 is 2.28 bits per heavy atom. The van der Waals surface area contributed by atoms with Gasteiger partial charge in [0.15, 0.2) is 0 Å². The molecule has 1 rings (SSSR count). The van der Waals surface area contributed by atoms with E-state index in [2.05, 4.69) is 26.1 Å². The summed E-state index contributed by atoms with van der Waals surface area (Å²) in [6.07, 6.45) is 0.938. The molecule has 0 saturated carbocycles. The molecule has 0 aromatic heterocycles. The lowest BCUT2D eigenvalue weighted by Gasteiger charge is -2.35. The quantitative estimate of drug-likeness (QED) is 0.781. The molecule has 0 radical (unpaired) electrons. The van der Waals surface area contributed by atoms with Crippen LogP contribution in [-0.4, -0.2) is 31.0 Å². The van der Waals surface area contributed by atoms with Gasteiger partial charge in [0.1, 0.15) is 0 Å². The summed E-state index contributed by atoms with van der Waals surface area (Å²) in [6, 6.07) is 9.94. The van der Waals surface area contributed by atoms with Crippen molar-refractivity contribution in [2.45, 2.75) is 38.3 Å². The number of hydrogen-bond acceptors (Lipinski definition) is 3. The van der Waals surface area contributed by atoms with Crippen LogP contribution in [0.2, 0.25) is 0 Å². The van der Waals surface area contributed by atoms with Crippen molar-refractivity contribution < 1.29 is 9.84 Å². The molecule has 102 valence electrons. The zero-order valence-electron chi connectivity index (χ0n) is 11.9. The highest BCUT2D eigenvalue weighted by atomic mass is 16.5. The molecule has 0 heterocycles. The van der Waals surface area contributed by atoms with Gasteiger partial charge in [-0.25, -0.2) is 0 Å². The summed E-state index contributed by atoms with van der Waals surface area (Å²) in [6.45, 7) is 6.69. The van der Waals surface area contributed by atoms with Gasteiger partial charge in [-0.05, 0) is 32.9 Å². The molecule has 0 fully saturated rings. The lowest BCUT2D eigenvalue weighted by atomic mass is 9.91. The maximum absolute atomic E-state index is 9.76. The minimum absolute atomic E-state index is 0.00725. The van der Waals surface area contributed by atoms with Crippen LogP contribution in [0.3, 0.4) is 0 Å². The largest absolute Gasteiger partial charge is 0.394 e. The predicted octanol–water partition coefficient (Wildman–Crippen LogP) is 2.30. The fourth-order valence-electron chi connectivity index (χ4n) is 1.69. The van der Waals surface area contributed by atoms with Gasteiger partial charge in [0.2, 0.25) is 0 Å². The number of nitrogens with one attached hydrogen (secondary N) is 1. The fraction of sp³-hybridized carbons (Fsp3) is 0.600. The Balaban J connectivity index is 2.88. The zero-order chi connectivity index (χ0) is 13.6.